The lowest BCUT2D eigenvalue weighted by Gasteiger charge is -2.27. The van der Waals surface area contributed by atoms with E-state index in [0.717, 1.165) is 0 Å². The van der Waals surface area contributed by atoms with E-state index in [2.05, 4.69) is 20.9 Å². The van der Waals surface area contributed by atoms with Crippen LogP contribution in [-0.4, -0.2) is 28.8 Å². The van der Waals surface area contributed by atoms with Gasteiger partial charge < -0.3 is 4.90 Å². The van der Waals surface area contributed by atoms with Crippen molar-refractivity contribution in [1.29, 1.82) is 0 Å². The van der Waals surface area contributed by atoms with Crippen molar-refractivity contribution in [3.8, 4) is 0 Å². The maximum atomic E-state index is 11.1. The minimum absolute atomic E-state index is 0.0475. The van der Waals surface area contributed by atoms with Gasteiger partial charge in [0.1, 0.15) is 17.8 Å². The summed E-state index contributed by atoms with van der Waals surface area (Å²) in [6.07, 6.45) is 2.24. The lowest BCUT2D eigenvalue weighted by atomic mass is 10.1. The molecule has 0 N–H and O–H groups in total. The van der Waals surface area contributed by atoms with Gasteiger partial charge in [-0.25, -0.2) is 4.98 Å². The first-order valence-electron chi connectivity index (χ1n) is 5.14. The third-order valence-electron chi connectivity index (χ3n) is 2.64. The van der Waals surface area contributed by atoms with E-state index in [1.54, 1.807) is 0 Å². The van der Waals surface area contributed by atoms with Crippen LogP contribution in [0.1, 0.15) is 12.8 Å². The molecule has 1 fully saturated rings. The Bertz CT molecular complexity index is 468. The van der Waals surface area contributed by atoms with Crippen LogP contribution in [0.5, 0.6) is 0 Å². The second-order valence-electron chi connectivity index (χ2n) is 3.78. The summed E-state index contributed by atoms with van der Waals surface area (Å²) in [5.74, 6) is 0.905. The molecule has 0 unspecified atom stereocenters. The zero-order chi connectivity index (χ0) is 12.4. The van der Waals surface area contributed by atoms with Crippen LogP contribution in [0.4, 0.5) is 11.5 Å². The SMILES string of the molecule is O=C1CCN(c2ncc([N+](=O)[O-])cc2Br)CC1. The van der Waals surface area contributed by atoms with Crippen LogP contribution in [-0.2, 0) is 4.79 Å². The van der Waals surface area contributed by atoms with Gasteiger partial charge in [-0.1, -0.05) is 0 Å². The predicted octanol–water partition coefficient (Wildman–Crippen LogP) is 1.92. The number of anilines is 1. The summed E-state index contributed by atoms with van der Waals surface area (Å²) >= 11 is 3.27. The van der Waals surface area contributed by atoms with Gasteiger partial charge in [0.15, 0.2) is 0 Å². The highest BCUT2D eigenvalue weighted by molar-refractivity contribution is 9.10. The Balaban J connectivity index is 2.21. The number of hydrogen-bond donors (Lipinski definition) is 0. The van der Waals surface area contributed by atoms with Crippen molar-refractivity contribution in [1.82, 2.24) is 4.98 Å². The smallest absolute Gasteiger partial charge is 0.288 e. The maximum Gasteiger partial charge on any atom is 0.288 e. The van der Waals surface area contributed by atoms with Crippen LogP contribution in [0.25, 0.3) is 0 Å². The quantitative estimate of drug-likeness (QED) is 0.616. The predicted molar refractivity (Wildman–Crippen MR) is 65.0 cm³/mol. The first-order valence-corrected chi connectivity index (χ1v) is 5.94. The largest absolute Gasteiger partial charge is 0.355 e. The maximum absolute atomic E-state index is 11.1. The van der Waals surface area contributed by atoms with E-state index in [0.29, 0.717) is 36.2 Å². The van der Waals surface area contributed by atoms with Crippen molar-refractivity contribution in [2.75, 3.05) is 18.0 Å². The summed E-state index contributed by atoms with van der Waals surface area (Å²) in [6, 6.07) is 1.43. The Kier molecular flexibility index (Phi) is 3.37. The Morgan fingerprint density at radius 3 is 2.59 bits per heavy atom. The minimum atomic E-state index is -0.485. The molecule has 0 bridgehead atoms. The summed E-state index contributed by atoms with van der Waals surface area (Å²) in [5.41, 5.74) is -0.0475. The van der Waals surface area contributed by atoms with E-state index in [9.17, 15) is 14.9 Å². The van der Waals surface area contributed by atoms with Crippen molar-refractivity contribution in [3.05, 3.63) is 26.9 Å². The van der Waals surface area contributed by atoms with Crippen LogP contribution in [0.2, 0.25) is 0 Å². The fraction of sp³-hybridized carbons (Fsp3) is 0.400. The molecule has 17 heavy (non-hydrogen) atoms. The Morgan fingerprint density at radius 1 is 1.41 bits per heavy atom. The fourth-order valence-electron chi connectivity index (χ4n) is 1.72. The van der Waals surface area contributed by atoms with E-state index >= 15 is 0 Å². The number of aromatic nitrogens is 1. The lowest BCUT2D eigenvalue weighted by molar-refractivity contribution is -0.385. The number of pyridine rings is 1. The molecule has 1 aromatic rings. The number of Topliss-reactive ketones (excluding diaryl/α,β-unsaturated/α-hetero) is 1. The molecule has 1 aromatic heterocycles. The van der Waals surface area contributed by atoms with Gasteiger partial charge in [-0.15, -0.1) is 0 Å². The molecule has 0 spiro atoms. The molecule has 1 saturated heterocycles. The Hall–Kier alpha value is -1.50. The molecule has 0 aromatic carbocycles. The number of carbonyl (C=O) groups excluding carboxylic acids is 1. The van der Waals surface area contributed by atoms with Crippen molar-refractivity contribution in [2.45, 2.75) is 12.8 Å². The van der Waals surface area contributed by atoms with Crippen molar-refractivity contribution in [2.24, 2.45) is 0 Å². The molecule has 2 heterocycles. The van der Waals surface area contributed by atoms with Crippen LogP contribution < -0.4 is 4.90 Å². The zero-order valence-corrected chi connectivity index (χ0v) is 10.5. The number of nitro groups is 1. The molecule has 0 amide bonds. The third kappa shape index (κ3) is 2.60. The van der Waals surface area contributed by atoms with Gasteiger partial charge >= 0.3 is 0 Å². The van der Waals surface area contributed by atoms with E-state index < -0.39 is 4.92 Å². The van der Waals surface area contributed by atoms with Crippen molar-refractivity contribution < 1.29 is 9.72 Å². The summed E-state index contributed by atoms with van der Waals surface area (Å²) in [5, 5.41) is 10.6. The molecule has 0 aliphatic carbocycles. The summed E-state index contributed by atoms with van der Waals surface area (Å²) < 4.78 is 0.584. The molecule has 7 heteroatoms. The van der Waals surface area contributed by atoms with Crippen LogP contribution in [0.15, 0.2) is 16.7 Å². The highest BCUT2D eigenvalue weighted by atomic mass is 79.9. The number of piperidine rings is 1. The second kappa shape index (κ2) is 4.79. The van der Waals surface area contributed by atoms with E-state index in [4.69, 9.17) is 0 Å². The highest BCUT2D eigenvalue weighted by Crippen LogP contribution is 2.28. The average Bonchev–Trinajstić information content (AvgIpc) is 2.30. The molecule has 1 aliphatic heterocycles. The number of nitrogens with zero attached hydrogens (tertiary/aromatic N) is 3. The summed E-state index contributed by atoms with van der Waals surface area (Å²) in [6.45, 7) is 1.23. The van der Waals surface area contributed by atoms with Crippen molar-refractivity contribution >= 4 is 33.2 Å². The molecule has 0 atom stereocenters. The standard InChI is InChI=1S/C10H10BrN3O3/c11-9-5-7(14(16)17)6-12-10(9)13-3-1-8(15)2-4-13/h5-6H,1-4H2. The number of rotatable bonds is 2. The van der Waals surface area contributed by atoms with Gasteiger partial charge in [0.25, 0.3) is 5.69 Å². The van der Waals surface area contributed by atoms with Crippen molar-refractivity contribution in [3.63, 3.8) is 0 Å². The van der Waals surface area contributed by atoms with Crippen LogP contribution in [0, 0.1) is 10.1 Å². The molecule has 90 valence electrons. The third-order valence-corrected chi connectivity index (χ3v) is 3.22. The molecule has 6 nitrogen and oxygen atoms in total. The first kappa shape index (κ1) is 12.0. The molecule has 2 rings (SSSR count). The Morgan fingerprint density at radius 2 is 2.06 bits per heavy atom. The van der Waals surface area contributed by atoms with Gasteiger partial charge in [0, 0.05) is 32.0 Å². The van der Waals surface area contributed by atoms with Gasteiger partial charge in [-0.3, -0.25) is 14.9 Å². The number of carbonyl (C=O) groups is 1. The normalized spacial score (nSPS) is 16.1. The van der Waals surface area contributed by atoms with E-state index in [1.165, 1.54) is 12.3 Å². The van der Waals surface area contributed by atoms with Crippen LogP contribution in [0.3, 0.4) is 0 Å². The van der Waals surface area contributed by atoms with Gasteiger partial charge in [0.2, 0.25) is 0 Å². The minimum Gasteiger partial charge on any atom is -0.355 e. The second-order valence-corrected chi connectivity index (χ2v) is 4.64. The topological polar surface area (TPSA) is 76.3 Å². The fourth-order valence-corrected chi connectivity index (χ4v) is 2.31. The number of ketones is 1. The summed E-state index contributed by atoms with van der Waals surface area (Å²) in [7, 11) is 0. The molecule has 0 saturated carbocycles. The monoisotopic (exact) mass is 299 g/mol. The average molecular weight is 300 g/mol. The molecule has 0 radical (unpaired) electrons. The number of hydrogen-bond acceptors (Lipinski definition) is 5. The zero-order valence-electron chi connectivity index (χ0n) is 8.93. The number of halogens is 1. The highest BCUT2D eigenvalue weighted by Gasteiger charge is 2.20. The first-order chi connectivity index (χ1) is 8.08. The lowest BCUT2D eigenvalue weighted by Crippen LogP contribution is -2.34. The Labute approximate surface area is 106 Å². The summed E-state index contributed by atoms with van der Waals surface area (Å²) in [4.78, 5) is 27.2. The van der Waals surface area contributed by atoms with Crippen LogP contribution >= 0.6 is 15.9 Å². The molecular weight excluding hydrogens is 290 g/mol. The van der Waals surface area contributed by atoms with Gasteiger partial charge in [-0.2, -0.15) is 0 Å². The molecular formula is C10H10BrN3O3. The molecule has 1 aliphatic rings. The van der Waals surface area contributed by atoms with E-state index in [1.807, 2.05) is 4.90 Å². The van der Waals surface area contributed by atoms with Gasteiger partial charge in [0.05, 0.1) is 9.40 Å². The van der Waals surface area contributed by atoms with E-state index in [-0.39, 0.29) is 11.5 Å². The van der Waals surface area contributed by atoms with Gasteiger partial charge in [-0.05, 0) is 15.9 Å².